The van der Waals surface area contributed by atoms with Crippen molar-refractivity contribution in [1.82, 2.24) is 0 Å². The van der Waals surface area contributed by atoms with Crippen molar-refractivity contribution in [3.8, 4) is 0 Å². The first kappa shape index (κ1) is 14.5. The second-order valence-electron chi connectivity index (χ2n) is 1.90. The van der Waals surface area contributed by atoms with Crippen molar-refractivity contribution in [3.05, 3.63) is 41.2 Å². The SMILES string of the molecule is C[N-]C.O=Cc1cc[c-]cc1.[Y]. The molecule has 0 fully saturated rings. The molecule has 0 saturated carbocycles. The van der Waals surface area contributed by atoms with E-state index in [2.05, 4.69) is 11.4 Å². The molecule has 0 N–H and O–H groups in total. The Morgan fingerprint density at radius 2 is 1.75 bits per heavy atom. The second kappa shape index (κ2) is 11.0. The Bertz CT molecular complexity index is 189. The summed E-state index contributed by atoms with van der Waals surface area (Å²) in [6, 6.07) is 9.66. The number of benzene rings is 1. The van der Waals surface area contributed by atoms with Crippen LogP contribution in [0.1, 0.15) is 10.4 Å². The fourth-order valence-corrected chi connectivity index (χ4v) is 0.478. The molecule has 0 spiro atoms. The van der Waals surface area contributed by atoms with Gasteiger partial charge in [-0.3, -0.25) is 0 Å². The molecule has 0 saturated heterocycles. The van der Waals surface area contributed by atoms with Gasteiger partial charge in [0.1, 0.15) is 6.29 Å². The predicted molar refractivity (Wildman–Crippen MR) is 45.9 cm³/mol. The predicted octanol–water partition coefficient (Wildman–Crippen LogP) is 1.92. The fraction of sp³-hybridized carbons (Fsp3) is 0.222. The summed E-state index contributed by atoms with van der Waals surface area (Å²) in [5, 5.41) is 3.50. The molecule has 0 aliphatic rings. The number of nitrogens with zero attached hydrogens (tertiary/aromatic N) is 1. The summed E-state index contributed by atoms with van der Waals surface area (Å²) >= 11 is 0. The monoisotopic (exact) mass is 238 g/mol. The van der Waals surface area contributed by atoms with Gasteiger partial charge in [-0.05, 0) is 0 Å². The maximum Gasteiger partial charge on any atom is 0.126 e. The standard InChI is InChI=1S/C7H5O.C2H6N.Y/c8-6-7-4-2-1-3-5-7;1-3-2;/h2-6H;1-2H3;/q2*-1;. The van der Waals surface area contributed by atoms with E-state index in [0.29, 0.717) is 5.56 Å². The minimum Gasteiger partial charge on any atom is -0.668 e. The Hall–Kier alpha value is -0.0461. The Morgan fingerprint density at radius 3 is 2.00 bits per heavy atom. The summed E-state index contributed by atoms with van der Waals surface area (Å²) < 4.78 is 0. The average Bonchev–Trinajstić information content (AvgIpc) is 2.08. The van der Waals surface area contributed by atoms with E-state index in [1.165, 1.54) is 0 Å². The molecule has 2 nitrogen and oxygen atoms in total. The minimum atomic E-state index is 0. The van der Waals surface area contributed by atoms with E-state index in [0.717, 1.165) is 6.29 Å². The molecular formula is C9H11NOY-2. The maximum absolute atomic E-state index is 9.99. The number of carbonyl (C=O) groups is 1. The molecule has 0 amide bonds. The Kier molecular flexibility index (Phi) is 13.2. The molecule has 1 radical (unpaired) electrons. The number of hydrogen-bond acceptors (Lipinski definition) is 1. The molecule has 1 aromatic carbocycles. The normalized spacial score (nSPS) is 7.17. The zero-order valence-corrected chi connectivity index (χ0v) is 10.2. The van der Waals surface area contributed by atoms with Crippen LogP contribution in [0.3, 0.4) is 0 Å². The Labute approximate surface area is 98.6 Å². The number of rotatable bonds is 1. The number of aldehydes is 1. The van der Waals surface area contributed by atoms with Crippen LogP contribution >= 0.6 is 0 Å². The number of carbonyl (C=O) groups excluding carboxylic acids is 1. The molecule has 0 aliphatic heterocycles. The smallest absolute Gasteiger partial charge is 0.126 e. The van der Waals surface area contributed by atoms with Crippen molar-refractivity contribution >= 4 is 6.29 Å². The third-order valence-corrected chi connectivity index (χ3v) is 0.880. The van der Waals surface area contributed by atoms with Gasteiger partial charge in [-0.15, -0.1) is 0 Å². The molecule has 0 aromatic heterocycles. The van der Waals surface area contributed by atoms with Gasteiger partial charge in [0.25, 0.3) is 0 Å². The summed E-state index contributed by atoms with van der Waals surface area (Å²) in [6.45, 7) is 0. The second-order valence-corrected chi connectivity index (χ2v) is 1.90. The van der Waals surface area contributed by atoms with Gasteiger partial charge < -0.3 is 10.1 Å². The van der Waals surface area contributed by atoms with Crippen molar-refractivity contribution in [1.29, 1.82) is 0 Å². The van der Waals surface area contributed by atoms with Crippen LogP contribution in [0.4, 0.5) is 0 Å². The minimum absolute atomic E-state index is 0. The van der Waals surface area contributed by atoms with Crippen LogP contribution in [-0.2, 0) is 32.7 Å². The van der Waals surface area contributed by atoms with E-state index in [-0.39, 0.29) is 32.7 Å². The third-order valence-electron chi connectivity index (χ3n) is 0.880. The molecule has 0 unspecified atom stereocenters. The number of hydrogen-bond donors (Lipinski definition) is 0. The van der Waals surface area contributed by atoms with Crippen LogP contribution in [0.5, 0.6) is 0 Å². The summed E-state index contributed by atoms with van der Waals surface area (Å²) in [4.78, 5) is 9.99. The van der Waals surface area contributed by atoms with Crippen LogP contribution in [0.15, 0.2) is 24.3 Å². The van der Waals surface area contributed by atoms with Crippen LogP contribution in [0.25, 0.3) is 5.32 Å². The summed E-state index contributed by atoms with van der Waals surface area (Å²) in [5.41, 5.74) is 0.698. The van der Waals surface area contributed by atoms with Gasteiger partial charge in [-0.1, -0.05) is 5.56 Å². The molecule has 0 heterocycles. The van der Waals surface area contributed by atoms with E-state index >= 15 is 0 Å². The molecule has 63 valence electrons. The van der Waals surface area contributed by atoms with Gasteiger partial charge in [0.2, 0.25) is 0 Å². The molecule has 3 heteroatoms. The van der Waals surface area contributed by atoms with Crippen molar-refractivity contribution in [3.63, 3.8) is 0 Å². The summed E-state index contributed by atoms with van der Waals surface area (Å²) in [7, 11) is 3.50. The Morgan fingerprint density at radius 1 is 1.33 bits per heavy atom. The first-order valence-corrected chi connectivity index (χ1v) is 3.24. The van der Waals surface area contributed by atoms with Gasteiger partial charge in [0, 0.05) is 32.7 Å². The molecule has 0 bridgehead atoms. The molecular weight excluding hydrogens is 227 g/mol. The Balaban J connectivity index is 0. The topological polar surface area (TPSA) is 31.2 Å². The van der Waals surface area contributed by atoms with Crippen LogP contribution < -0.4 is 0 Å². The van der Waals surface area contributed by atoms with Crippen molar-refractivity contribution in [2.75, 3.05) is 14.1 Å². The van der Waals surface area contributed by atoms with Crippen molar-refractivity contribution in [2.24, 2.45) is 0 Å². The van der Waals surface area contributed by atoms with Crippen LogP contribution in [-0.4, -0.2) is 20.4 Å². The van der Waals surface area contributed by atoms with Gasteiger partial charge in [0.05, 0.1) is 0 Å². The fourth-order valence-electron chi connectivity index (χ4n) is 0.478. The first-order valence-electron chi connectivity index (χ1n) is 3.24. The third kappa shape index (κ3) is 8.05. The van der Waals surface area contributed by atoms with Gasteiger partial charge >= 0.3 is 0 Å². The quantitative estimate of drug-likeness (QED) is 0.543. The van der Waals surface area contributed by atoms with Gasteiger partial charge in [-0.2, -0.15) is 44.4 Å². The van der Waals surface area contributed by atoms with E-state index in [9.17, 15) is 4.79 Å². The summed E-state index contributed by atoms with van der Waals surface area (Å²) in [5.74, 6) is 0. The first-order chi connectivity index (χ1) is 5.35. The van der Waals surface area contributed by atoms with Crippen LogP contribution in [0.2, 0.25) is 0 Å². The van der Waals surface area contributed by atoms with E-state index < -0.39 is 0 Å². The van der Waals surface area contributed by atoms with E-state index in [1.807, 2.05) is 0 Å². The molecule has 12 heavy (non-hydrogen) atoms. The maximum atomic E-state index is 9.99. The summed E-state index contributed by atoms with van der Waals surface area (Å²) in [6.07, 6.45) is 0.813. The molecule has 0 aliphatic carbocycles. The van der Waals surface area contributed by atoms with Gasteiger partial charge in [-0.25, -0.2) is 0 Å². The molecule has 1 rings (SSSR count). The molecule has 1 aromatic rings. The zero-order chi connectivity index (χ0) is 8.53. The van der Waals surface area contributed by atoms with E-state index in [4.69, 9.17) is 0 Å². The molecule has 0 atom stereocenters. The van der Waals surface area contributed by atoms with Crippen molar-refractivity contribution < 1.29 is 37.5 Å². The average molecular weight is 238 g/mol. The largest absolute Gasteiger partial charge is 0.668 e. The van der Waals surface area contributed by atoms with Crippen molar-refractivity contribution in [2.45, 2.75) is 0 Å². The van der Waals surface area contributed by atoms with E-state index in [1.54, 1.807) is 38.4 Å². The zero-order valence-electron chi connectivity index (χ0n) is 7.32. The van der Waals surface area contributed by atoms with Crippen LogP contribution in [0, 0.1) is 6.07 Å². The van der Waals surface area contributed by atoms with Gasteiger partial charge in [0.15, 0.2) is 0 Å².